The molecular formula is C16H23NO3. The van der Waals surface area contributed by atoms with Gasteiger partial charge in [-0.1, -0.05) is 24.8 Å². The van der Waals surface area contributed by atoms with Crippen LogP contribution in [0, 0.1) is 0 Å². The molecule has 1 aliphatic heterocycles. The first-order valence-electron chi connectivity index (χ1n) is 7.16. The molecule has 1 heterocycles. The third-order valence-electron chi connectivity index (χ3n) is 3.19. The summed E-state index contributed by atoms with van der Waals surface area (Å²) in [6, 6.07) is 7.76. The van der Waals surface area contributed by atoms with Gasteiger partial charge < -0.3 is 14.2 Å². The summed E-state index contributed by atoms with van der Waals surface area (Å²) in [5.41, 5.74) is 0. The highest BCUT2D eigenvalue weighted by atomic mass is 16.5. The van der Waals surface area contributed by atoms with E-state index in [9.17, 15) is 0 Å². The smallest absolute Gasteiger partial charge is 0.161 e. The zero-order valence-corrected chi connectivity index (χ0v) is 11.9. The summed E-state index contributed by atoms with van der Waals surface area (Å²) in [4.78, 5) is 2.41. The van der Waals surface area contributed by atoms with Gasteiger partial charge in [-0.05, 0) is 18.6 Å². The first-order valence-corrected chi connectivity index (χ1v) is 7.16. The molecule has 2 rings (SSSR count). The SMILES string of the molecule is C=CCOc1ccccc1OCCCN1CCOCC1. The summed E-state index contributed by atoms with van der Waals surface area (Å²) in [5, 5.41) is 0. The van der Waals surface area contributed by atoms with E-state index in [1.807, 2.05) is 24.3 Å². The highest BCUT2D eigenvalue weighted by Crippen LogP contribution is 2.26. The number of hydrogen-bond acceptors (Lipinski definition) is 4. The van der Waals surface area contributed by atoms with Gasteiger partial charge in [-0.2, -0.15) is 0 Å². The van der Waals surface area contributed by atoms with Gasteiger partial charge in [-0.25, -0.2) is 0 Å². The summed E-state index contributed by atoms with van der Waals surface area (Å²) in [6.07, 6.45) is 2.74. The molecule has 0 radical (unpaired) electrons. The van der Waals surface area contributed by atoms with E-state index in [4.69, 9.17) is 14.2 Å². The molecule has 0 spiro atoms. The highest BCUT2D eigenvalue weighted by Gasteiger charge is 2.09. The van der Waals surface area contributed by atoms with Crippen LogP contribution in [-0.4, -0.2) is 51.0 Å². The molecule has 20 heavy (non-hydrogen) atoms. The van der Waals surface area contributed by atoms with Gasteiger partial charge in [0.2, 0.25) is 0 Å². The fourth-order valence-corrected chi connectivity index (χ4v) is 2.13. The fourth-order valence-electron chi connectivity index (χ4n) is 2.13. The molecule has 1 aliphatic rings. The number of rotatable bonds is 8. The van der Waals surface area contributed by atoms with E-state index in [0.29, 0.717) is 13.2 Å². The van der Waals surface area contributed by atoms with Crippen LogP contribution < -0.4 is 9.47 Å². The molecule has 110 valence electrons. The van der Waals surface area contributed by atoms with E-state index in [2.05, 4.69) is 11.5 Å². The molecule has 4 nitrogen and oxygen atoms in total. The first-order chi connectivity index (χ1) is 9.90. The predicted octanol–water partition coefficient (Wildman–Crippen LogP) is 2.35. The second-order valence-corrected chi connectivity index (χ2v) is 4.70. The number of benzene rings is 1. The molecule has 0 aliphatic carbocycles. The van der Waals surface area contributed by atoms with Crippen LogP contribution in [0.5, 0.6) is 11.5 Å². The normalized spacial score (nSPS) is 15.8. The van der Waals surface area contributed by atoms with Crippen LogP contribution in [0.2, 0.25) is 0 Å². The van der Waals surface area contributed by atoms with E-state index in [-0.39, 0.29) is 0 Å². The van der Waals surface area contributed by atoms with Crippen LogP contribution in [0.4, 0.5) is 0 Å². The molecule has 1 saturated heterocycles. The minimum absolute atomic E-state index is 0.494. The maximum absolute atomic E-state index is 5.81. The zero-order valence-electron chi connectivity index (χ0n) is 11.9. The molecule has 0 atom stereocenters. The maximum atomic E-state index is 5.81. The van der Waals surface area contributed by atoms with E-state index in [0.717, 1.165) is 50.8 Å². The summed E-state index contributed by atoms with van der Waals surface area (Å²) < 4.78 is 16.7. The molecule has 1 aromatic carbocycles. The molecule has 1 aromatic rings. The summed E-state index contributed by atoms with van der Waals surface area (Å²) in [7, 11) is 0. The van der Waals surface area contributed by atoms with E-state index in [1.165, 1.54) is 0 Å². The van der Waals surface area contributed by atoms with Crippen LogP contribution in [0.1, 0.15) is 6.42 Å². The zero-order chi connectivity index (χ0) is 14.0. The van der Waals surface area contributed by atoms with Gasteiger partial charge >= 0.3 is 0 Å². The number of hydrogen-bond donors (Lipinski definition) is 0. The maximum Gasteiger partial charge on any atom is 0.161 e. The third kappa shape index (κ3) is 4.87. The number of nitrogens with zero attached hydrogens (tertiary/aromatic N) is 1. The van der Waals surface area contributed by atoms with Crippen molar-refractivity contribution in [2.45, 2.75) is 6.42 Å². The van der Waals surface area contributed by atoms with Crippen LogP contribution >= 0.6 is 0 Å². The van der Waals surface area contributed by atoms with E-state index >= 15 is 0 Å². The van der Waals surface area contributed by atoms with Crippen LogP contribution in [-0.2, 0) is 4.74 Å². The minimum Gasteiger partial charge on any atom is -0.490 e. The van der Waals surface area contributed by atoms with Crippen molar-refractivity contribution in [3.8, 4) is 11.5 Å². The Morgan fingerprint density at radius 1 is 1.15 bits per heavy atom. The van der Waals surface area contributed by atoms with Crippen LogP contribution in [0.25, 0.3) is 0 Å². The largest absolute Gasteiger partial charge is 0.490 e. The Morgan fingerprint density at radius 2 is 1.85 bits per heavy atom. The lowest BCUT2D eigenvalue weighted by molar-refractivity contribution is 0.0357. The summed E-state index contributed by atoms with van der Waals surface area (Å²) in [5.74, 6) is 1.58. The topological polar surface area (TPSA) is 30.9 Å². The summed E-state index contributed by atoms with van der Waals surface area (Å²) >= 11 is 0. The van der Waals surface area contributed by atoms with Crippen molar-refractivity contribution >= 4 is 0 Å². The van der Waals surface area contributed by atoms with Crippen LogP contribution in [0.15, 0.2) is 36.9 Å². The Morgan fingerprint density at radius 3 is 2.55 bits per heavy atom. The Labute approximate surface area is 120 Å². The molecule has 0 amide bonds. The van der Waals surface area contributed by atoms with Crippen molar-refractivity contribution < 1.29 is 14.2 Å². The van der Waals surface area contributed by atoms with Gasteiger partial charge in [0, 0.05) is 19.6 Å². The number of ether oxygens (including phenoxy) is 3. The quantitative estimate of drug-likeness (QED) is 0.539. The van der Waals surface area contributed by atoms with Gasteiger partial charge in [0.25, 0.3) is 0 Å². The van der Waals surface area contributed by atoms with Crippen molar-refractivity contribution in [1.82, 2.24) is 4.90 Å². The Kier molecular flexibility index (Phi) is 6.41. The van der Waals surface area contributed by atoms with Crippen molar-refractivity contribution in [2.75, 3.05) is 46.1 Å². The molecule has 0 bridgehead atoms. The fraction of sp³-hybridized carbons (Fsp3) is 0.500. The molecule has 0 saturated carbocycles. The van der Waals surface area contributed by atoms with Gasteiger partial charge in [0.05, 0.1) is 19.8 Å². The van der Waals surface area contributed by atoms with Crippen LogP contribution in [0.3, 0.4) is 0 Å². The number of morpholine rings is 1. The van der Waals surface area contributed by atoms with Gasteiger partial charge in [-0.15, -0.1) is 0 Å². The standard InChI is InChI=1S/C16H23NO3/c1-2-11-19-15-6-3-4-7-16(15)20-12-5-8-17-9-13-18-14-10-17/h2-4,6-7H,1,5,8-14H2. The lowest BCUT2D eigenvalue weighted by Gasteiger charge is -2.26. The van der Waals surface area contributed by atoms with Crippen molar-refractivity contribution in [2.24, 2.45) is 0 Å². The molecule has 0 unspecified atom stereocenters. The van der Waals surface area contributed by atoms with Gasteiger partial charge in [0.1, 0.15) is 6.61 Å². The van der Waals surface area contributed by atoms with Gasteiger partial charge in [-0.3, -0.25) is 4.90 Å². The first kappa shape index (κ1) is 14.9. The van der Waals surface area contributed by atoms with Crippen molar-refractivity contribution in [1.29, 1.82) is 0 Å². The number of para-hydroxylation sites is 2. The van der Waals surface area contributed by atoms with E-state index < -0.39 is 0 Å². The average molecular weight is 277 g/mol. The molecule has 4 heteroatoms. The van der Waals surface area contributed by atoms with Crippen molar-refractivity contribution in [3.05, 3.63) is 36.9 Å². The molecular weight excluding hydrogens is 254 g/mol. The lowest BCUT2D eigenvalue weighted by atomic mass is 10.3. The Bertz CT molecular complexity index is 402. The van der Waals surface area contributed by atoms with E-state index in [1.54, 1.807) is 6.08 Å². The Hall–Kier alpha value is -1.52. The minimum atomic E-state index is 0.494. The third-order valence-corrected chi connectivity index (χ3v) is 3.19. The second-order valence-electron chi connectivity index (χ2n) is 4.70. The van der Waals surface area contributed by atoms with Gasteiger partial charge in [0.15, 0.2) is 11.5 Å². The highest BCUT2D eigenvalue weighted by molar-refractivity contribution is 5.39. The predicted molar refractivity (Wildman–Crippen MR) is 79.5 cm³/mol. The lowest BCUT2D eigenvalue weighted by Crippen LogP contribution is -2.37. The molecule has 0 N–H and O–H groups in total. The molecule has 1 fully saturated rings. The van der Waals surface area contributed by atoms with Crippen molar-refractivity contribution in [3.63, 3.8) is 0 Å². The summed E-state index contributed by atoms with van der Waals surface area (Å²) in [6.45, 7) is 9.65. The molecule has 0 aromatic heterocycles. The second kappa shape index (κ2) is 8.61. The monoisotopic (exact) mass is 277 g/mol. The average Bonchev–Trinajstić information content (AvgIpc) is 2.51. The Balaban J connectivity index is 1.71.